The van der Waals surface area contributed by atoms with E-state index in [4.69, 9.17) is 0 Å². The van der Waals surface area contributed by atoms with Crippen LogP contribution in [-0.4, -0.2) is 27.3 Å². The molecular formula is C12H17NO2S. The van der Waals surface area contributed by atoms with Gasteiger partial charge in [-0.25, -0.2) is 8.42 Å². The second kappa shape index (κ2) is 3.48. The van der Waals surface area contributed by atoms with Gasteiger partial charge in [-0.2, -0.15) is 0 Å². The molecule has 2 rings (SSSR count). The lowest BCUT2D eigenvalue weighted by molar-refractivity contribution is 0.578. The first-order valence-electron chi connectivity index (χ1n) is 5.40. The monoisotopic (exact) mass is 239 g/mol. The molecule has 1 aliphatic rings. The van der Waals surface area contributed by atoms with Crippen LogP contribution in [0.4, 0.5) is 5.69 Å². The molecule has 1 atom stereocenters. The lowest BCUT2D eigenvalue weighted by Gasteiger charge is -2.34. The van der Waals surface area contributed by atoms with Crippen LogP contribution in [0.3, 0.4) is 0 Å². The van der Waals surface area contributed by atoms with Crippen molar-refractivity contribution in [2.24, 2.45) is 0 Å². The van der Waals surface area contributed by atoms with Crippen LogP contribution in [0, 0.1) is 13.8 Å². The maximum atomic E-state index is 12.1. The summed E-state index contributed by atoms with van der Waals surface area (Å²) in [4.78, 5) is 2.56. The lowest BCUT2D eigenvalue weighted by Crippen LogP contribution is -2.40. The van der Waals surface area contributed by atoms with Gasteiger partial charge < -0.3 is 4.90 Å². The van der Waals surface area contributed by atoms with E-state index in [9.17, 15) is 8.42 Å². The summed E-state index contributed by atoms with van der Waals surface area (Å²) in [5, 5.41) is 0. The summed E-state index contributed by atoms with van der Waals surface area (Å²) in [5.74, 6) is 0.209. The van der Waals surface area contributed by atoms with Crippen molar-refractivity contribution in [3.63, 3.8) is 0 Å². The van der Waals surface area contributed by atoms with E-state index >= 15 is 0 Å². The number of aryl methyl sites for hydroxylation is 2. The van der Waals surface area contributed by atoms with Crippen LogP contribution in [-0.2, 0) is 9.84 Å². The summed E-state index contributed by atoms with van der Waals surface area (Å²) in [5.41, 5.74) is 2.80. The Morgan fingerprint density at radius 2 is 1.94 bits per heavy atom. The van der Waals surface area contributed by atoms with Crippen LogP contribution < -0.4 is 4.90 Å². The topological polar surface area (TPSA) is 37.4 Å². The molecule has 0 bridgehead atoms. The number of sulfone groups is 1. The van der Waals surface area contributed by atoms with Gasteiger partial charge in [0, 0.05) is 13.1 Å². The van der Waals surface area contributed by atoms with Crippen LogP contribution in [0.2, 0.25) is 0 Å². The largest absolute Gasteiger partial charge is 0.370 e. The molecule has 1 heterocycles. The van der Waals surface area contributed by atoms with Crippen molar-refractivity contribution in [3.8, 4) is 0 Å². The Labute approximate surface area is 97.0 Å². The average Bonchev–Trinajstić information content (AvgIpc) is 2.11. The first-order valence-corrected chi connectivity index (χ1v) is 7.05. The quantitative estimate of drug-likeness (QED) is 0.694. The highest BCUT2D eigenvalue weighted by Gasteiger charge is 2.32. The molecular weight excluding hydrogens is 222 g/mol. The summed E-state index contributed by atoms with van der Waals surface area (Å²) in [6.45, 7) is 5.80. The number of hydrogen-bond donors (Lipinski definition) is 0. The first-order chi connectivity index (χ1) is 7.33. The normalized spacial score (nSPS) is 23.0. The van der Waals surface area contributed by atoms with Crippen molar-refractivity contribution < 1.29 is 8.42 Å². The third-order valence-electron chi connectivity index (χ3n) is 3.21. The molecule has 0 aliphatic carbocycles. The van der Waals surface area contributed by atoms with E-state index in [1.54, 1.807) is 0 Å². The molecule has 0 fully saturated rings. The predicted molar refractivity (Wildman–Crippen MR) is 65.8 cm³/mol. The fourth-order valence-electron chi connectivity index (χ4n) is 2.35. The Kier molecular flexibility index (Phi) is 2.49. The SMILES string of the molecule is Cc1cc(C)c2c(c1)N(C)C(C)CS2(=O)=O. The van der Waals surface area contributed by atoms with Crippen molar-refractivity contribution in [2.45, 2.75) is 31.7 Å². The molecule has 1 aromatic carbocycles. The third-order valence-corrected chi connectivity index (χ3v) is 5.29. The summed E-state index contributed by atoms with van der Waals surface area (Å²) < 4.78 is 24.3. The van der Waals surface area contributed by atoms with Gasteiger partial charge >= 0.3 is 0 Å². The van der Waals surface area contributed by atoms with Gasteiger partial charge in [0.1, 0.15) is 0 Å². The Morgan fingerprint density at radius 1 is 1.31 bits per heavy atom. The standard InChI is InChI=1S/C12H17NO2S/c1-8-5-9(2)12-11(6-8)13(4)10(3)7-16(12,14)15/h5-6,10H,7H2,1-4H3. The van der Waals surface area contributed by atoms with Gasteiger partial charge in [-0.1, -0.05) is 6.07 Å². The molecule has 0 N–H and O–H groups in total. The molecule has 0 radical (unpaired) electrons. The van der Waals surface area contributed by atoms with Gasteiger partial charge in [0.05, 0.1) is 16.3 Å². The minimum absolute atomic E-state index is 0.0405. The van der Waals surface area contributed by atoms with Gasteiger partial charge in [0.2, 0.25) is 0 Å². The Bertz CT molecular complexity index is 534. The maximum Gasteiger partial charge on any atom is 0.182 e. The van der Waals surface area contributed by atoms with Gasteiger partial charge in [0.15, 0.2) is 9.84 Å². The summed E-state index contributed by atoms with van der Waals surface area (Å²) >= 11 is 0. The first kappa shape index (κ1) is 11.5. The van der Waals surface area contributed by atoms with Crippen molar-refractivity contribution in [1.82, 2.24) is 0 Å². The highest BCUT2D eigenvalue weighted by atomic mass is 32.2. The molecule has 0 saturated heterocycles. The average molecular weight is 239 g/mol. The summed E-state index contributed by atoms with van der Waals surface area (Å²) in [6.07, 6.45) is 0. The Hall–Kier alpha value is -1.03. The lowest BCUT2D eigenvalue weighted by atomic mass is 10.1. The van der Waals surface area contributed by atoms with Crippen molar-refractivity contribution in [3.05, 3.63) is 23.3 Å². The highest BCUT2D eigenvalue weighted by Crippen LogP contribution is 2.35. The number of benzene rings is 1. The zero-order valence-electron chi connectivity index (χ0n) is 10.1. The highest BCUT2D eigenvalue weighted by molar-refractivity contribution is 7.91. The second-order valence-electron chi connectivity index (χ2n) is 4.67. The summed E-state index contributed by atoms with van der Waals surface area (Å²) in [6, 6.07) is 3.93. The molecule has 4 heteroatoms. The molecule has 88 valence electrons. The fourth-order valence-corrected chi connectivity index (χ4v) is 4.45. The molecule has 1 aliphatic heterocycles. The zero-order chi connectivity index (χ0) is 12.1. The molecule has 16 heavy (non-hydrogen) atoms. The molecule has 0 spiro atoms. The minimum atomic E-state index is -3.11. The number of hydrogen-bond acceptors (Lipinski definition) is 3. The third kappa shape index (κ3) is 1.61. The number of rotatable bonds is 0. The molecule has 1 aromatic rings. The van der Waals surface area contributed by atoms with Gasteiger partial charge in [0.25, 0.3) is 0 Å². The Balaban J connectivity index is 2.79. The van der Waals surface area contributed by atoms with Gasteiger partial charge in [-0.05, 0) is 38.0 Å². The van der Waals surface area contributed by atoms with Crippen LogP contribution in [0.25, 0.3) is 0 Å². The van der Waals surface area contributed by atoms with E-state index in [2.05, 4.69) is 4.90 Å². The van der Waals surface area contributed by atoms with E-state index in [1.165, 1.54) is 0 Å². The van der Waals surface area contributed by atoms with Crippen LogP contribution in [0.15, 0.2) is 17.0 Å². The number of anilines is 1. The van der Waals surface area contributed by atoms with Gasteiger partial charge in [-0.15, -0.1) is 0 Å². The van der Waals surface area contributed by atoms with Crippen molar-refractivity contribution in [1.29, 1.82) is 0 Å². The van der Waals surface area contributed by atoms with Gasteiger partial charge in [-0.3, -0.25) is 0 Å². The van der Waals surface area contributed by atoms with E-state index in [0.29, 0.717) is 4.90 Å². The molecule has 0 aromatic heterocycles. The minimum Gasteiger partial charge on any atom is -0.370 e. The van der Waals surface area contributed by atoms with Crippen LogP contribution in [0.5, 0.6) is 0 Å². The predicted octanol–water partition coefficient (Wildman–Crippen LogP) is 1.92. The fraction of sp³-hybridized carbons (Fsp3) is 0.500. The Morgan fingerprint density at radius 3 is 2.56 bits per heavy atom. The molecule has 0 amide bonds. The smallest absolute Gasteiger partial charge is 0.182 e. The second-order valence-corrected chi connectivity index (χ2v) is 6.64. The number of fused-ring (bicyclic) bond motifs is 1. The molecule has 1 unspecified atom stereocenters. The van der Waals surface area contributed by atoms with E-state index in [-0.39, 0.29) is 11.8 Å². The van der Waals surface area contributed by atoms with E-state index < -0.39 is 9.84 Å². The van der Waals surface area contributed by atoms with E-state index in [0.717, 1.165) is 16.8 Å². The molecule has 0 saturated carbocycles. The number of nitrogens with zero attached hydrogens (tertiary/aromatic N) is 1. The van der Waals surface area contributed by atoms with Crippen molar-refractivity contribution in [2.75, 3.05) is 17.7 Å². The maximum absolute atomic E-state index is 12.1. The van der Waals surface area contributed by atoms with Crippen molar-refractivity contribution >= 4 is 15.5 Å². The van der Waals surface area contributed by atoms with E-state index in [1.807, 2.05) is 40.0 Å². The van der Waals surface area contributed by atoms with Crippen LogP contribution >= 0.6 is 0 Å². The zero-order valence-corrected chi connectivity index (χ0v) is 10.9. The molecule has 3 nitrogen and oxygen atoms in total. The van der Waals surface area contributed by atoms with Crippen LogP contribution in [0.1, 0.15) is 18.1 Å². The summed E-state index contributed by atoms with van der Waals surface area (Å²) in [7, 11) is -1.16.